The zero-order chi connectivity index (χ0) is 23.9. The second-order valence-electron chi connectivity index (χ2n) is 8.79. The molecule has 7 nitrogen and oxygen atoms in total. The number of piperidine rings is 1. The molecule has 1 saturated heterocycles. The van der Waals surface area contributed by atoms with Gasteiger partial charge >= 0.3 is 6.18 Å². The van der Waals surface area contributed by atoms with Crippen molar-refractivity contribution in [3.05, 3.63) is 45.9 Å². The lowest BCUT2D eigenvalue weighted by Crippen LogP contribution is -2.39. The molecule has 11 heteroatoms. The summed E-state index contributed by atoms with van der Waals surface area (Å²) in [4.78, 5) is 25.6. The van der Waals surface area contributed by atoms with Crippen LogP contribution in [0.3, 0.4) is 0 Å². The minimum atomic E-state index is -4.50. The van der Waals surface area contributed by atoms with Gasteiger partial charge in [-0.1, -0.05) is 0 Å². The van der Waals surface area contributed by atoms with Crippen LogP contribution in [-0.4, -0.2) is 45.8 Å². The van der Waals surface area contributed by atoms with Gasteiger partial charge in [-0.2, -0.15) is 13.2 Å². The minimum absolute atomic E-state index is 0.0144. The highest BCUT2D eigenvalue weighted by molar-refractivity contribution is 6.28. The van der Waals surface area contributed by atoms with E-state index in [9.17, 15) is 18.0 Å². The second-order valence-corrected chi connectivity index (χ2v) is 9.13. The summed E-state index contributed by atoms with van der Waals surface area (Å²) in [5.41, 5.74) is 6.66. The molecule has 33 heavy (non-hydrogen) atoms. The van der Waals surface area contributed by atoms with Crippen molar-refractivity contribution in [2.75, 3.05) is 31.2 Å². The van der Waals surface area contributed by atoms with Crippen LogP contribution in [0, 0.1) is 5.92 Å². The highest BCUT2D eigenvalue weighted by atomic mass is 35.5. The summed E-state index contributed by atoms with van der Waals surface area (Å²) in [5, 5.41) is 3.16. The van der Waals surface area contributed by atoms with Crippen molar-refractivity contribution < 1.29 is 18.0 Å². The Morgan fingerprint density at radius 3 is 2.58 bits per heavy atom. The van der Waals surface area contributed by atoms with Crippen LogP contribution >= 0.6 is 11.6 Å². The van der Waals surface area contributed by atoms with Crippen molar-refractivity contribution in [1.29, 1.82) is 0 Å². The lowest BCUT2D eigenvalue weighted by molar-refractivity contribution is -0.138. The van der Waals surface area contributed by atoms with Crippen molar-refractivity contribution in [3.8, 4) is 0 Å². The van der Waals surface area contributed by atoms with Gasteiger partial charge in [0.2, 0.25) is 11.2 Å². The van der Waals surface area contributed by atoms with E-state index in [0.717, 1.165) is 43.6 Å². The number of carbonyl (C=O) groups is 1. The van der Waals surface area contributed by atoms with Crippen LogP contribution in [0.2, 0.25) is 5.28 Å². The Balaban J connectivity index is 1.54. The Labute approximate surface area is 195 Å². The average Bonchev–Trinajstić information content (AvgIpc) is 3.17. The molecule has 1 atom stereocenters. The van der Waals surface area contributed by atoms with E-state index in [-0.39, 0.29) is 22.8 Å². The normalized spacial score (nSPS) is 18.3. The Bertz CT molecular complexity index is 1060. The number of anilines is 2. The van der Waals surface area contributed by atoms with E-state index in [1.54, 1.807) is 11.8 Å². The standard InChI is InChI=1S/C22H26ClF3N6O/c1-12(14-7-15(22(24,25)26)9-16(27)8-14)28-19-17-10-32(11-18(17)29-21(23)30-19)20(33)13-3-5-31(2)6-4-13/h7-9,12-13H,3-6,10-11,27H2,1-2H3,(H,28,29,30)/t12-/m1/s1. The van der Waals surface area contributed by atoms with Crippen LogP contribution in [0.25, 0.3) is 0 Å². The van der Waals surface area contributed by atoms with E-state index in [2.05, 4.69) is 20.2 Å². The third-order valence-electron chi connectivity index (χ3n) is 6.29. The maximum atomic E-state index is 13.2. The molecule has 1 amide bonds. The van der Waals surface area contributed by atoms with Crippen molar-refractivity contribution in [2.45, 2.75) is 45.1 Å². The van der Waals surface area contributed by atoms with E-state index in [0.29, 0.717) is 30.2 Å². The molecular formula is C22H26ClF3N6O. The van der Waals surface area contributed by atoms with Gasteiger partial charge in [-0.3, -0.25) is 4.79 Å². The number of nitrogen functional groups attached to an aromatic ring is 1. The SMILES string of the molecule is C[C@@H](Nc1nc(Cl)nc2c1CN(C(=O)C1CCN(C)CC1)C2)c1cc(N)cc(C(F)(F)F)c1. The highest BCUT2D eigenvalue weighted by Gasteiger charge is 2.34. The first kappa shape index (κ1) is 23.6. The molecule has 1 aromatic heterocycles. The van der Waals surface area contributed by atoms with Crippen molar-refractivity contribution in [1.82, 2.24) is 19.8 Å². The first-order valence-corrected chi connectivity index (χ1v) is 11.2. The monoisotopic (exact) mass is 482 g/mol. The number of hydrogen-bond acceptors (Lipinski definition) is 6. The molecule has 1 aromatic carbocycles. The van der Waals surface area contributed by atoms with Crippen LogP contribution in [0.4, 0.5) is 24.7 Å². The van der Waals surface area contributed by atoms with Crippen LogP contribution in [0.1, 0.15) is 48.2 Å². The van der Waals surface area contributed by atoms with E-state index in [1.165, 1.54) is 6.07 Å². The first-order valence-electron chi connectivity index (χ1n) is 10.8. The van der Waals surface area contributed by atoms with Gasteiger partial charge in [0.1, 0.15) is 5.82 Å². The van der Waals surface area contributed by atoms with E-state index < -0.39 is 17.8 Å². The highest BCUT2D eigenvalue weighted by Crippen LogP contribution is 2.35. The molecule has 3 heterocycles. The molecule has 0 aliphatic carbocycles. The molecule has 0 saturated carbocycles. The second kappa shape index (κ2) is 8.98. The smallest absolute Gasteiger partial charge is 0.399 e. The number of hydrogen-bond donors (Lipinski definition) is 2. The number of alkyl halides is 3. The molecule has 4 rings (SSSR count). The first-order chi connectivity index (χ1) is 15.5. The fourth-order valence-corrected chi connectivity index (χ4v) is 4.58. The molecule has 0 bridgehead atoms. The van der Waals surface area contributed by atoms with E-state index in [4.69, 9.17) is 17.3 Å². The van der Waals surface area contributed by atoms with Crippen LogP contribution < -0.4 is 11.1 Å². The van der Waals surface area contributed by atoms with E-state index >= 15 is 0 Å². The zero-order valence-corrected chi connectivity index (χ0v) is 19.2. The summed E-state index contributed by atoms with van der Waals surface area (Å²) in [5.74, 6) is 0.469. The predicted octanol–water partition coefficient (Wildman–Crippen LogP) is 4.09. The fraction of sp³-hybridized carbons (Fsp3) is 0.500. The third kappa shape index (κ3) is 5.16. The Kier molecular flexibility index (Phi) is 6.41. The summed E-state index contributed by atoms with van der Waals surface area (Å²) in [7, 11) is 2.04. The number of rotatable bonds is 4. The molecular weight excluding hydrogens is 457 g/mol. The summed E-state index contributed by atoms with van der Waals surface area (Å²) in [6, 6.07) is 2.92. The Hall–Kier alpha value is -2.59. The number of aromatic nitrogens is 2. The number of carbonyl (C=O) groups excluding carboxylic acids is 1. The minimum Gasteiger partial charge on any atom is -0.399 e. The fourth-order valence-electron chi connectivity index (χ4n) is 4.39. The van der Waals surface area contributed by atoms with Gasteiger partial charge in [-0.05, 0) is 75.3 Å². The molecule has 2 aliphatic rings. The molecule has 1 fully saturated rings. The molecule has 2 aliphatic heterocycles. The maximum absolute atomic E-state index is 13.2. The van der Waals surface area contributed by atoms with Gasteiger partial charge in [0.15, 0.2) is 0 Å². The third-order valence-corrected chi connectivity index (χ3v) is 6.46. The molecule has 2 aromatic rings. The summed E-state index contributed by atoms with van der Waals surface area (Å²) in [6.45, 7) is 4.15. The van der Waals surface area contributed by atoms with E-state index in [1.807, 2.05) is 7.05 Å². The summed E-state index contributed by atoms with van der Waals surface area (Å²) < 4.78 is 39.6. The number of benzene rings is 1. The number of likely N-dealkylation sites (tertiary alicyclic amines) is 1. The zero-order valence-electron chi connectivity index (χ0n) is 18.4. The average molecular weight is 483 g/mol. The van der Waals surface area contributed by atoms with Crippen molar-refractivity contribution in [3.63, 3.8) is 0 Å². The number of halogens is 4. The quantitative estimate of drug-likeness (QED) is 0.504. The molecule has 0 radical (unpaired) electrons. The molecule has 3 N–H and O–H groups in total. The van der Waals surface area contributed by atoms with Crippen LogP contribution in [0.5, 0.6) is 0 Å². The van der Waals surface area contributed by atoms with Gasteiger partial charge in [-0.25, -0.2) is 9.97 Å². The summed E-state index contributed by atoms with van der Waals surface area (Å²) >= 11 is 6.12. The van der Waals surface area contributed by atoms with Gasteiger partial charge < -0.3 is 20.9 Å². The number of amides is 1. The van der Waals surface area contributed by atoms with Crippen molar-refractivity contribution >= 4 is 29.0 Å². The van der Waals surface area contributed by atoms with Crippen LogP contribution in [-0.2, 0) is 24.1 Å². The lowest BCUT2D eigenvalue weighted by atomic mass is 9.96. The molecule has 0 spiro atoms. The number of nitrogens with one attached hydrogen (secondary N) is 1. The van der Waals surface area contributed by atoms with Gasteiger partial charge in [0.25, 0.3) is 0 Å². The Morgan fingerprint density at radius 1 is 1.21 bits per heavy atom. The van der Waals surface area contributed by atoms with Crippen molar-refractivity contribution in [2.24, 2.45) is 5.92 Å². The predicted molar refractivity (Wildman–Crippen MR) is 119 cm³/mol. The Morgan fingerprint density at radius 2 is 1.91 bits per heavy atom. The van der Waals surface area contributed by atoms with Gasteiger partial charge in [0, 0.05) is 17.2 Å². The largest absolute Gasteiger partial charge is 0.416 e. The molecule has 178 valence electrons. The maximum Gasteiger partial charge on any atom is 0.416 e. The van der Waals surface area contributed by atoms with Gasteiger partial charge in [0.05, 0.1) is 30.4 Å². The lowest BCUT2D eigenvalue weighted by Gasteiger charge is -2.30. The summed E-state index contributed by atoms with van der Waals surface area (Å²) in [6.07, 6.45) is -2.88. The topological polar surface area (TPSA) is 87.4 Å². The number of nitrogens with zero attached hydrogens (tertiary/aromatic N) is 4. The molecule has 0 unspecified atom stereocenters. The van der Waals surface area contributed by atoms with Crippen LogP contribution in [0.15, 0.2) is 18.2 Å². The number of nitrogens with two attached hydrogens (primary N) is 1. The van der Waals surface area contributed by atoms with Gasteiger partial charge in [-0.15, -0.1) is 0 Å². The number of fused-ring (bicyclic) bond motifs is 1.